The maximum absolute atomic E-state index is 11.9. The number of methoxy groups -OCH3 is 2. The number of carbonyl (C=O) groups excluding carboxylic acids is 1. The van der Waals surface area contributed by atoms with Crippen LogP contribution in [-0.4, -0.2) is 26.7 Å². The summed E-state index contributed by atoms with van der Waals surface area (Å²) in [5.74, 6) is 0.975. The first-order valence-electron chi connectivity index (χ1n) is 7.03. The molecule has 0 aliphatic heterocycles. The molecule has 0 radical (unpaired) electrons. The van der Waals surface area contributed by atoms with Gasteiger partial charge in [-0.1, -0.05) is 24.4 Å². The summed E-state index contributed by atoms with van der Waals surface area (Å²) in [6, 6.07) is 3.28. The number of amides is 1. The Hall–Kier alpha value is -1.46. The molecule has 1 rings (SSSR count). The van der Waals surface area contributed by atoms with Gasteiger partial charge in [-0.05, 0) is 25.5 Å². The predicted octanol–water partition coefficient (Wildman–Crippen LogP) is 3.20. The highest BCUT2D eigenvalue weighted by Gasteiger charge is 2.12. The van der Waals surface area contributed by atoms with Crippen molar-refractivity contribution < 1.29 is 14.3 Å². The van der Waals surface area contributed by atoms with Gasteiger partial charge in [-0.3, -0.25) is 4.79 Å². The molecule has 6 heteroatoms. The van der Waals surface area contributed by atoms with Gasteiger partial charge in [0.2, 0.25) is 5.91 Å². The van der Waals surface area contributed by atoms with Crippen molar-refractivity contribution in [1.82, 2.24) is 0 Å². The van der Waals surface area contributed by atoms with Gasteiger partial charge in [0.25, 0.3) is 0 Å². The van der Waals surface area contributed by atoms with Gasteiger partial charge in [0.1, 0.15) is 11.5 Å². The van der Waals surface area contributed by atoms with Crippen molar-refractivity contribution in [2.45, 2.75) is 32.1 Å². The van der Waals surface area contributed by atoms with Crippen LogP contribution in [0.1, 0.15) is 32.1 Å². The molecule has 5 nitrogen and oxygen atoms in total. The minimum atomic E-state index is -0.0534. The van der Waals surface area contributed by atoms with Crippen LogP contribution in [0, 0.1) is 0 Å². The lowest BCUT2D eigenvalue weighted by Gasteiger charge is -2.13. The molecule has 0 unspecified atom stereocenters. The van der Waals surface area contributed by atoms with Crippen LogP contribution in [0.3, 0.4) is 0 Å². The standard InChI is InChI=1S/C15H23ClN2O3/c1-20-13-10-14(21-2)12(9-11(13)16)18-15(19)7-5-3-4-6-8-17/h9-10H,3-8,17H2,1-2H3,(H,18,19). The van der Waals surface area contributed by atoms with Gasteiger partial charge in [0.05, 0.1) is 24.9 Å². The Labute approximate surface area is 130 Å². The van der Waals surface area contributed by atoms with Gasteiger partial charge in [-0.25, -0.2) is 0 Å². The van der Waals surface area contributed by atoms with Gasteiger partial charge in [-0.15, -0.1) is 0 Å². The van der Waals surface area contributed by atoms with E-state index in [-0.39, 0.29) is 5.91 Å². The average molecular weight is 315 g/mol. The molecule has 0 atom stereocenters. The zero-order valence-corrected chi connectivity index (χ0v) is 13.3. The SMILES string of the molecule is COc1cc(OC)c(NC(=O)CCCCCCN)cc1Cl. The summed E-state index contributed by atoms with van der Waals surface area (Å²) in [4.78, 5) is 11.9. The zero-order chi connectivity index (χ0) is 15.7. The number of nitrogens with two attached hydrogens (primary N) is 1. The Morgan fingerprint density at radius 3 is 2.43 bits per heavy atom. The first kappa shape index (κ1) is 17.6. The van der Waals surface area contributed by atoms with Crippen LogP contribution in [-0.2, 0) is 4.79 Å². The van der Waals surface area contributed by atoms with Crippen molar-refractivity contribution in [2.75, 3.05) is 26.1 Å². The highest BCUT2D eigenvalue weighted by molar-refractivity contribution is 6.32. The molecule has 0 aromatic heterocycles. The molecule has 0 aliphatic carbocycles. The molecule has 0 heterocycles. The maximum atomic E-state index is 11.9. The Morgan fingerprint density at radius 1 is 1.14 bits per heavy atom. The minimum absolute atomic E-state index is 0.0534. The number of anilines is 1. The summed E-state index contributed by atoms with van der Waals surface area (Å²) in [5.41, 5.74) is 5.98. The van der Waals surface area contributed by atoms with Gasteiger partial charge < -0.3 is 20.5 Å². The highest BCUT2D eigenvalue weighted by atomic mass is 35.5. The van der Waals surface area contributed by atoms with Crippen molar-refractivity contribution >= 4 is 23.2 Å². The molecular formula is C15H23ClN2O3. The number of ether oxygens (including phenoxy) is 2. The molecule has 1 aromatic carbocycles. The van der Waals surface area contributed by atoms with Gasteiger partial charge in [0.15, 0.2) is 0 Å². The van der Waals surface area contributed by atoms with E-state index in [9.17, 15) is 4.79 Å². The molecule has 0 bridgehead atoms. The number of unbranched alkanes of at least 4 members (excludes halogenated alkanes) is 3. The second kappa shape index (κ2) is 9.47. The molecule has 0 aliphatic rings. The van der Waals surface area contributed by atoms with Gasteiger partial charge in [0, 0.05) is 12.5 Å². The summed E-state index contributed by atoms with van der Waals surface area (Å²) in [5, 5.41) is 3.24. The smallest absolute Gasteiger partial charge is 0.224 e. The summed E-state index contributed by atoms with van der Waals surface area (Å²) < 4.78 is 10.3. The molecule has 21 heavy (non-hydrogen) atoms. The van der Waals surface area contributed by atoms with E-state index < -0.39 is 0 Å². The van der Waals surface area contributed by atoms with Crippen LogP contribution in [0.25, 0.3) is 0 Å². The second-order valence-corrected chi connectivity index (χ2v) is 5.10. The molecular weight excluding hydrogens is 292 g/mol. The lowest BCUT2D eigenvalue weighted by Crippen LogP contribution is -2.12. The Balaban J connectivity index is 2.57. The van der Waals surface area contributed by atoms with Crippen LogP contribution in [0.15, 0.2) is 12.1 Å². The average Bonchev–Trinajstić information content (AvgIpc) is 2.47. The van der Waals surface area contributed by atoms with E-state index in [0.29, 0.717) is 35.2 Å². The molecule has 118 valence electrons. The molecule has 0 saturated carbocycles. The topological polar surface area (TPSA) is 73.6 Å². The van der Waals surface area contributed by atoms with E-state index >= 15 is 0 Å². The van der Waals surface area contributed by atoms with Crippen molar-refractivity contribution in [2.24, 2.45) is 5.73 Å². The Kier molecular flexibility index (Phi) is 7.93. The van der Waals surface area contributed by atoms with Crippen molar-refractivity contribution in [3.8, 4) is 11.5 Å². The minimum Gasteiger partial charge on any atom is -0.495 e. The summed E-state index contributed by atoms with van der Waals surface area (Å²) in [7, 11) is 3.06. The first-order chi connectivity index (χ1) is 10.1. The first-order valence-corrected chi connectivity index (χ1v) is 7.41. The molecule has 1 amide bonds. The highest BCUT2D eigenvalue weighted by Crippen LogP contribution is 2.35. The van der Waals surface area contributed by atoms with Crippen LogP contribution in [0.2, 0.25) is 5.02 Å². The number of benzene rings is 1. The fourth-order valence-corrected chi connectivity index (χ4v) is 2.19. The van der Waals surface area contributed by atoms with Crippen LogP contribution in [0.4, 0.5) is 5.69 Å². The number of rotatable bonds is 9. The van der Waals surface area contributed by atoms with E-state index in [1.54, 1.807) is 12.1 Å². The third-order valence-corrected chi connectivity index (χ3v) is 3.40. The summed E-state index contributed by atoms with van der Waals surface area (Å²) in [6.07, 6.45) is 4.38. The number of hydrogen-bond acceptors (Lipinski definition) is 4. The lowest BCUT2D eigenvalue weighted by atomic mass is 10.1. The lowest BCUT2D eigenvalue weighted by molar-refractivity contribution is -0.116. The van der Waals surface area contributed by atoms with Crippen molar-refractivity contribution in [3.05, 3.63) is 17.2 Å². The zero-order valence-electron chi connectivity index (χ0n) is 12.6. The molecule has 0 saturated heterocycles. The normalized spacial score (nSPS) is 10.3. The van der Waals surface area contributed by atoms with Gasteiger partial charge in [-0.2, -0.15) is 0 Å². The Bertz CT molecular complexity index is 466. The third kappa shape index (κ3) is 5.81. The Morgan fingerprint density at radius 2 is 1.81 bits per heavy atom. The number of carbonyl (C=O) groups is 1. The molecule has 0 spiro atoms. The molecule has 3 N–H and O–H groups in total. The van der Waals surface area contributed by atoms with E-state index in [4.69, 9.17) is 26.8 Å². The van der Waals surface area contributed by atoms with Gasteiger partial charge >= 0.3 is 0 Å². The van der Waals surface area contributed by atoms with Crippen molar-refractivity contribution in [1.29, 1.82) is 0 Å². The van der Waals surface area contributed by atoms with Crippen LogP contribution >= 0.6 is 11.6 Å². The van der Waals surface area contributed by atoms with E-state index in [2.05, 4.69) is 5.32 Å². The summed E-state index contributed by atoms with van der Waals surface area (Å²) >= 11 is 6.06. The predicted molar refractivity (Wildman–Crippen MR) is 85.3 cm³/mol. The number of hydrogen-bond donors (Lipinski definition) is 2. The molecule has 0 fully saturated rings. The van der Waals surface area contributed by atoms with E-state index in [0.717, 1.165) is 25.7 Å². The summed E-state index contributed by atoms with van der Waals surface area (Å²) in [6.45, 7) is 0.702. The third-order valence-electron chi connectivity index (χ3n) is 3.11. The van der Waals surface area contributed by atoms with Crippen molar-refractivity contribution in [3.63, 3.8) is 0 Å². The second-order valence-electron chi connectivity index (χ2n) is 4.69. The van der Waals surface area contributed by atoms with E-state index in [1.807, 2.05) is 0 Å². The fraction of sp³-hybridized carbons (Fsp3) is 0.533. The fourth-order valence-electron chi connectivity index (χ4n) is 1.95. The number of halogens is 1. The maximum Gasteiger partial charge on any atom is 0.224 e. The van der Waals surface area contributed by atoms with Crippen LogP contribution < -0.4 is 20.5 Å². The van der Waals surface area contributed by atoms with Crippen LogP contribution in [0.5, 0.6) is 11.5 Å². The number of nitrogens with one attached hydrogen (secondary N) is 1. The largest absolute Gasteiger partial charge is 0.495 e. The quantitative estimate of drug-likeness (QED) is 0.686. The van der Waals surface area contributed by atoms with E-state index in [1.165, 1.54) is 14.2 Å². The monoisotopic (exact) mass is 314 g/mol. The molecule has 1 aromatic rings.